The van der Waals surface area contributed by atoms with Crippen LogP contribution in [0.4, 0.5) is 5.82 Å². The minimum atomic E-state index is -0.238. The van der Waals surface area contributed by atoms with Gasteiger partial charge in [-0.2, -0.15) is 0 Å². The lowest BCUT2D eigenvalue weighted by molar-refractivity contribution is 0.0728. The first kappa shape index (κ1) is 15.8. The molecule has 0 unspecified atom stereocenters. The highest BCUT2D eigenvalue weighted by Gasteiger charge is 2.36. The van der Waals surface area contributed by atoms with Crippen molar-refractivity contribution in [3.05, 3.63) is 94.1 Å². The Morgan fingerprint density at radius 3 is 2.52 bits per heavy atom. The standard InChI is InChI=1S/C20H16BrN3O/c21-15-10-11-18(22-12-15)23-19-16-8-4-5-9-17(16)20(25)24(19)13-14-6-2-1-3-7-14/h1-12,19H,13H2,(H,22,23)/t19-/m0/s1. The second-order valence-corrected chi connectivity index (χ2v) is 6.83. The molecule has 5 heteroatoms. The number of carbonyl (C=O) groups excluding carboxylic acids is 1. The molecule has 2 aromatic carbocycles. The van der Waals surface area contributed by atoms with Gasteiger partial charge in [-0.25, -0.2) is 4.98 Å². The van der Waals surface area contributed by atoms with E-state index >= 15 is 0 Å². The smallest absolute Gasteiger partial charge is 0.256 e. The Balaban J connectivity index is 1.68. The largest absolute Gasteiger partial charge is 0.346 e. The van der Waals surface area contributed by atoms with Gasteiger partial charge in [0, 0.05) is 28.3 Å². The number of hydrogen-bond acceptors (Lipinski definition) is 3. The zero-order chi connectivity index (χ0) is 17.2. The third-order valence-corrected chi connectivity index (χ3v) is 4.74. The quantitative estimate of drug-likeness (QED) is 0.703. The highest BCUT2D eigenvalue weighted by atomic mass is 79.9. The van der Waals surface area contributed by atoms with E-state index in [9.17, 15) is 4.79 Å². The van der Waals surface area contributed by atoms with Gasteiger partial charge in [-0.3, -0.25) is 4.79 Å². The molecule has 1 aliphatic heterocycles. The fourth-order valence-electron chi connectivity index (χ4n) is 3.07. The van der Waals surface area contributed by atoms with Gasteiger partial charge in [-0.05, 0) is 39.7 Å². The summed E-state index contributed by atoms with van der Waals surface area (Å²) in [5.74, 6) is 0.768. The Bertz CT molecular complexity index is 896. The average Bonchev–Trinajstić information content (AvgIpc) is 2.91. The minimum Gasteiger partial charge on any atom is -0.346 e. The van der Waals surface area contributed by atoms with E-state index in [1.54, 1.807) is 6.20 Å². The van der Waals surface area contributed by atoms with E-state index in [0.717, 1.165) is 27.0 Å². The minimum absolute atomic E-state index is 0.0362. The molecule has 0 fully saturated rings. The van der Waals surface area contributed by atoms with E-state index in [1.807, 2.05) is 71.6 Å². The number of halogens is 1. The molecule has 1 aromatic heterocycles. The molecule has 0 saturated carbocycles. The second kappa shape index (κ2) is 6.69. The van der Waals surface area contributed by atoms with Gasteiger partial charge >= 0.3 is 0 Å². The van der Waals surface area contributed by atoms with Gasteiger partial charge in [-0.1, -0.05) is 48.5 Å². The molecule has 0 radical (unpaired) electrons. The summed E-state index contributed by atoms with van der Waals surface area (Å²) in [7, 11) is 0. The summed E-state index contributed by atoms with van der Waals surface area (Å²) in [6.45, 7) is 0.544. The summed E-state index contributed by atoms with van der Waals surface area (Å²) in [5.41, 5.74) is 2.82. The summed E-state index contributed by atoms with van der Waals surface area (Å²) < 4.78 is 0.919. The van der Waals surface area contributed by atoms with Crippen molar-refractivity contribution in [3.63, 3.8) is 0 Å². The molecule has 0 spiro atoms. The molecule has 4 rings (SSSR count). The van der Waals surface area contributed by atoms with E-state index in [-0.39, 0.29) is 12.1 Å². The van der Waals surface area contributed by atoms with Crippen molar-refractivity contribution in [2.24, 2.45) is 0 Å². The van der Waals surface area contributed by atoms with Crippen molar-refractivity contribution in [1.82, 2.24) is 9.88 Å². The predicted octanol–water partition coefficient (Wildman–Crippen LogP) is 4.61. The lowest BCUT2D eigenvalue weighted by atomic mass is 10.1. The fraction of sp³-hybridized carbons (Fsp3) is 0.100. The third-order valence-electron chi connectivity index (χ3n) is 4.27. The molecule has 1 amide bonds. The maximum atomic E-state index is 12.9. The third kappa shape index (κ3) is 3.15. The van der Waals surface area contributed by atoms with Crippen molar-refractivity contribution in [1.29, 1.82) is 0 Å². The second-order valence-electron chi connectivity index (χ2n) is 5.91. The van der Waals surface area contributed by atoms with Crippen molar-refractivity contribution in [2.75, 3.05) is 5.32 Å². The van der Waals surface area contributed by atoms with Crippen LogP contribution in [0.15, 0.2) is 77.4 Å². The highest BCUT2D eigenvalue weighted by Crippen LogP contribution is 2.35. The number of fused-ring (bicyclic) bond motifs is 1. The van der Waals surface area contributed by atoms with Gasteiger partial charge in [0.25, 0.3) is 5.91 Å². The maximum absolute atomic E-state index is 12.9. The van der Waals surface area contributed by atoms with Gasteiger partial charge < -0.3 is 10.2 Å². The van der Waals surface area contributed by atoms with Crippen LogP contribution in [-0.4, -0.2) is 15.8 Å². The molecule has 0 saturated heterocycles. The van der Waals surface area contributed by atoms with Gasteiger partial charge in [-0.15, -0.1) is 0 Å². The number of hydrogen-bond donors (Lipinski definition) is 1. The molecule has 25 heavy (non-hydrogen) atoms. The van der Waals surface area contributed by atoms with E-state index in [1.165, 1.54) is 0 Å². The number of amides is 1. The number of nitrogens with zero attached hydrogens (tertiary/aromatic N) is 2. The van der Waals surface area contributed by atoms with Crippen molar-refractivity contribution >= 4 is 27.7 Å². The number of rotatable bonds is 4. The van der Waals surface area contributed by atoms with Gasteiger partial charge in [0.1, 0.15) is 12.0 Å². The number of pyridine rings is 1. The molecule has 4 nitrogen and oxygen atoms in total. The average molecular weight is 394 g/mol. The van der Waals surface area contributed by atoms with Crippen LogP contribution in [0.1, 0.15) is 27.7 Å². The monoisotopic (exact) mass is 393 g/mol. The van der Waals surface area contributed by atoms with Crippen LogP contribution in [0, 0.1) is 0 Å². The van der Waals surface area contributed by atoms with Crippen LogP contribution in [-0.2, 0) is 6.54 Å². The van der Waals surface area contributed by atoms with Crippen molar-refractivity contribution in [3.8, 4) is 0 Å². The number of carbonyl (C=O) groups is 1. The SMILES string of the molecule is O=C1c2ccccc2[C@@H](Nc2ccc(Br)cn2)N1Cc1ccccc1. The Morgan fingerprint density at radius 2 is 1.76 bits per heavy atom. The zero-order valence-electron chi connectivity index (χ0n) is 13.4. The predicted molar refractivity (Wildman–Crippen MR) is 101 cm³/mol. The summed E-state index contributed by atoms with van der Waals surface area (Å²) in [6.07, 6.45) is 1.50. The van der Waals surface area contributed by atoms with Crippen molar-refractivity contribution in [2.45, 2.75) is 12.7 Å². The van der Waals surface area contributed by atoms with Crippen LogP contribution in [0.5, 0.6) is 0 Å². The van der Waals surface area contributed by atoms with Crippen LogP contribution in [0.25, 0.3) is 0 Å². The summed E-state index contributed by atoms with van der Waals surface area (Å²) in [5, 5.41) is 3.40. The Labute approximate surface area is 154 Å². The van der Waals surface area contributed by atoms with Gasteiger partial charge in [0.2, 0.25) is 0 Å². The fourth-order valence-corrected chi connectivity index (χ4v) is 3.30. The van der Waals surface area contributed by atoms with Gasteiger partial charge in [0.15, 0.2) is 0 Å². The molecule has 1 N–H and O–H groups in total. The molecule has 124 valence electrons. The van der Waals surface area contributed by atoms with Crippen LogP contribution in [0.3, 0.4) is 0 Å². The number of benzene rings is 2. The lowest BCUT2D eigenvalue weighted by Crippen LogP contribution is -2.32. The number of anilines is 1. The lowest BCUT2D eigenvalue weighted by Gasteiger charge is -2.26. The Morgan fingerprint density at radius 1 is 1.00 bits per heavy atom. The normalized spacial score (nSPS) is 16.0. The van der Waals surface area contributed by atoms with E-state index in [2.05, 4.69) is 26.2 Å². The van der Waals surface area contributed by atoms with E-state index in [4.69, 9.17) is 0 Å². The molecule has 1 aliphatic rings. The summed E-state index contributed by atoms with van der Waals surface area (Å²) in [6, 6.07) is 21.6. The first-order valence-electron chi connectivity index (χ1n) is 8.04. The van der Waals surface area contributed by atoms with Crippen LogP contribution < -0.4 is 5.32 Å². The molecule has 0 bridgehead atoms. The zero-order valence-corrected chi connectivity index (χ0v) is 15.0. The summed E-state index contributed by atoms with van der Waals surface area (Å²) in [4.78, 5) is 19.2. The van der Waals surface area contributed by atoms with E-state index in [0.29, 0.717) is 6.54 Å². The first-order valence-corrected chi connectivity index (χ1v) is 8.83. The molecule has 3 aromatic rings. The van der Waals surface area contributed by atoms with E-state index < -0.39 is 0 Å². The Kier molecular flexibility index (Phi) is 4.24. The summed E-state index contributed by atoms with van der Waals surface area (Å²) >= 11 is 3.39. The molecular weight excluding hydrogens is 378 g/mol. The van der Waals surface area contributed by atoms with Crippen LogP contribution >= 0.6 is 15.9 Å². The van der Waals surface area contributed by atoms with Gasteiger partial charge in [0.05, 0.1) is 0 Å². The molecule has 0 aliphatic carbocycles. The number of aromatic nitrogens is 1. The molecular formula is C20H16BrN3O. The maximum Gasteiger partial charge on any atom is 0.256 e. The van der Waals surface area contributed by atoms with Crippen LogP contribution in [0.2, 0.25) is 0 Å². The Hall–Kier alpha value is -2.66. The molecule has 1 atom stereocenters. The topological polar surface area (TPSA) is 45.2 Å². The first-order chi connectivity index (χ1) is 12.2. The highest BCUT2D eigenvalue weighted by molar-refractivity contribution is 9.10. The number of nitrogens with one attached hydrogen (secondary N) is 1. The molecule has 2 heterocycles. The van der Waals surface area contributed by atoms with Crippen molar-refractivity contribution < 1.29 is 4.79 Å².